The summed E-state index contributed by atoms with van der Waals surface area (Å²) in [6, 6.07) is 1.75. The average Bonchev–Trinajstić information content (AvgIpc) is 2.18. The van der Waals surface area contributed by atoms with Gasteiger partial charge in [-0.2, -0.15) is 0 Å². The fourth-order valence-electron chi connectivity index (χ4n) is 1.28. The van der Waals surface area contributed by atoms with Crippen LogP contribution in [-0.4, -0.2) is 28.3 Å². The normalized spacial score (nSPS) is 12.5. The van der Waals surface area contributed by atoms with Crippen molar-refractivity contribution in [2.24, 2.45) is 0 Å². The van der Waals surface area contributed by atoms with Crippen LogP contribution in [0, 0.1) is 0 Å². The van der Waals surface area contributed by atoms with E-state index in [0.717, 1.165) is 18.5 Å². The zero-order valence-electron chi connectivity index (χ0n) is 8.60. The number of rotatable bonds is 5. The lowest BCUT2D eigenvalue weighted by molar-refractivity contribution is 0.162. The lowest BCUT2D eigenvalue weighted by Crippen LogP contribution is -2.11. The Hall–Kier alpha value is -1.16. The Morgan fingerprint density at radius 3 is 2.93 bits per heavy atom. The third kappa shape index (κ3) is 3.30. The van der Waals surface area contributed by atoms with Gasteiger partial charge >= 0.3 is 0 Å². The van der Waals surface area contributed by atoms with E-state index in [1.54, 1.807) is 13.2 Å². The Morgan fingerprint density at radius 1 is 1.50 bits per heavy atom. The molecule has 4 nitrogen and oxygen atoms in total. The highest BCUT2D eigenvalue weighted by atomic mass is 16.5. The maximum atomic E-state index is 9.56. The van der Waals surface area contributed by atoms with Crippen molar-refractivity contribution in [2.45, 2.75) is 32.3 Å². The van der Waals surface area contributed by atoms with Crippen molar-refractivity contribution in [2.75, 3.05) is 7.11 Å². The predicted molar refractivity (Wildman–Crippen MR) is 53.2 cm³/mol. The number of hydrogen-bond donors (Lipinski definition) is 1. The van der Waals surface area contributed by atoms with Crippen LogP contribution in [0.25, 0.3) is 0 Å². The summed E-state index contributed by atoms with van der Waals surface area (Å²) in [7, 11) is 1.56. The number of aliphatic hydroxyl groups excluding tert-OH is 1. The molecule has 0 spiro atoms. The summed E-state index contributed by atoms with van der Waals surface area (Å²) in [5.41, 5.74) is 0.817. The molecule has 0 aliphatic carbocycles. The van der Waals surface area contributed by atoms with Crippen molar-refractivity contribution in [1.82, 2.24) is 9.97 Å². The van der Waals surface area contributed by atoms with Gasteiger partial charge in [0.05, 0.1) is 18.9 Å². The molecule has 1 unspecified atom stereocenters. The summed E-state index contributed by atoms with van der Waals surface area (Å²) < 4.78 is 4.96. The van der Waals surface area contributed by atoms with Gasteiger partial charge in [0.15, 0.2) is 0 Å². The molecule has 0 saturated heterocycles. The molecule has 0 aliphatic heterocycles. The smallest absolute Gasteiger partial charge is 0.216 e. The quantitative estimate of drug-likeness (QED) is 0.768. The molecule has 14 heavy (non-hydrogen) atoms. The minimum absolute atomic E-state index is 0.320. The highest BCUT2D eigenvalue weighted by molar-refractivity contribution is 5.13. The molecule has 1 heterocycles. The molecule has 0 bridgehead atoms. The van der Waals surface area contributed by atoms with E-state index in [0.29, 0.717) is 12.3 Å². The first kappa shape index (κ1) is 10.9. The summed E-state index contributed by atoms with van der Waals surface area (Å²) in [4.78, 5) is 7.95. The Balaban J connectivity index is 2.57. The molecule has 0 aliphatic rings. The summed E-state index contributed by atoms with van der Waals surface area (Å²) in [5, 5.41) is 9.56. The molecule has 1 N–H and O–H groups in total. The Morgan fingerprint density at radius 2 is 2.29 bits per heavy atom. The van der Waals surface area contributed by atoms with Gasteiger partial charge in [0, 0.05) is 12.5 Å². The first-order chi connectivity index (χ1) is 6.76. The summed E-state index contributed by atoms with van der Waals surface area (Å²) in [5.74, 6) is 0.540. The highest BCUT2D eigenvalue weighted by Crippen LogP contribution is 2.09. The molecule has 1 aromatic rings. The molecular weight excluding hydrogens is 180 g/mol. The van der Waals surface area contributed by atoms with Crippen molar-refractivity contribution < 1.29 is 9.84 Å². The first-order valence-electron chi connectivity index (χ1n) is 4.79. The molecule has 0 fully saturated rings. The van der Waals surface area contributed by atoms with Crippen LogP contribution < -0.4 is 4.74 Å². The zero-order valence-corrected chi connectivity index (χ0v) is 8.60. The second-order valence-electron chi connectivity index (χ2n) is 3.20. The van der Waals surface area contributed by atoms with Gasteiger partial charge in [-0.1, -0.05) is 13.3 Å². The number of ether oxygens (including phenoxy) is 1. The fraction of sp³-hybridized carbons (Fsp3) is 0.600. The second-order valence-corrected chi connectivity index (χ2v) is 3.20. The van der Waals surface area contributed by atoms with Crippen molar-refractivity contribution in [3.63, 3.8) is 0 Å². The van der Waals surface area contributed by atoms with Crippen molar-refractivity contribution in [1.29, 1.82) is 0 Å². The van der Waals surface area contributed by atoms with E-state index in [2.05, 4.69) is 9.97 Å². The highest BCUT2D eigenvalue weighted by Gasteiger charge is 2.06. The minimum Gasteiger partial charge on any atom is -0.481 e. The van der Waals surface area contributed by atoms with Gasteiger partial charge < -0.3 is 9.84 Å². The molecule has 0 saturated carbocycles. The van der Waals surface area contributed by atoms with Gasteiger partial charge in [-0.15, -0.1) is 0 Å². The van der Waals surface area contributed by atoms with Crippen LogP contribution in [0.5, 0.6) is 5.88 Å². The van der Waals surface area contributed by atoms with Gasteiger partial charge in [-0.25, -0.2) is 9.97 Å². The molecule has 0 aromatic carbocycles. The second kappa shape index (κ2) is 5.54. The van der Waals surface area contributed by atoms with E-state index in [-0.39, 0.29) is 6.10 Å². The average molecular weight is 196 g/mol. The lowest BCUT2D eigenvalue weighted by atomic mass is 10.1. The largest absolute Gasteiger partial charge is 0.481 e. The third-order valence-corrected chi connectivity index (χ3v) is 1.97. The SMILES string of the molecule is CCCC(O)Cc1cc(OC)ncn1. The van der Waals surface area contributed by atoms with E-state index in [4.69, 9.17) is 4.74 Å². The van der Waals surface area contributed by atoms with Gasteiger partial charge in [0.2, 0.25) is 5.88 Å². The van der Waals surface area contributed by atoms with E-state index in [9.17, 15) is 5.11 Å². The van der Waals surface area contributed by atoms with E-state index in [1.807, 2.05) is 6.92 Å². The zero-order chi connectivity index (χ0) is 10.4. The standard InChI is InChI=1S/C10H16N2O2/c1-3-4-9(13)5-8-6-10(14-2)12-7-11-8/h6-7,9,13H,3-5H2,1-2H3. The van der Waals surface area contributed by atoms with Crippen LogP contribution in [0.4, 0.5) is 0 Å². The number of aromatic nitrogens is 2. The van der Waals surface area contributed by atoms with Gasteiger partial charge in [-0.05, 0) is 6.42 Å². The Kier molecular flexibility index (Phi) is 4.32. The fourth-order valence-corrected chi connectivity index (χ4v) is 1.28. The molecule has 1 aromatic heterocycles. The van der Waals surface area contributed by atoms with E-state index < -0.39 is 0 Å². The lowest BCUT2D eigenvalue weighted by Gasteiger charge is -2.08. The molecule has 78 valence electrons. The van der Waals surface area contributed by atoms with Gasteiger partial charge in [0.1, 0.15) is 6.33 Å². The monoisotopic (exact) mass is 196 g/mol. The molecule has 0 radical (unpaired) electrons. The van der Waals surface area contributed by atoms with Crippen LogP contribution >= 0.6 is 0 Å². The van der Waals surface area contributed by atoms with Crippen LogP contribution in [0.1, 0.15) is 25.5 Å². The molecule has 4 heteroatoms. The molecular formula is C10H16N2O2. The van der Waals surface area contributed by atoms with Crippen molar-refractivity contribution >= 4 is 0 Å². The Bertz CT molecular complexity index is 279. The van der Waals surface area contributed by atoms with Crippen LogP contribution in [0.15, 0.2) is 12.4 Å². The maximum Gasteiger partial charge on any atom is 0.216 e. The minimum atomic E-state index is -0.320. The molecule has 0 amide bonds. The summed E-state index contributed by atoms with van der Waals surface area (Å²) >= 11 is 0. The summed E-state index contributed by atoms with van der Waals surface area (Å²) in [6.45, 7) is 2.05. The van der Waals surface area contributed by atoms with Crippen molar-refractivity contribution in [3.05, 3.63) is 18.1 Å². The third-order valence-electron chi connectivity index (χ3n) is 1.97. The number of nitrogens with zero attached hydrogens (tertiary/aromatic N) is 2. The van der Waals surface area contributed by atoms with E-state index >= 15 is 0 Å². The van der Waals surface area contributed by atoms with Crippen LogP contribution in [-0.2, 0) is 6.42 Å². The van der Waals surface area contributed by atoms with Gasteiger partial charge in [0.25, 0.3) is 0 Å². The molecule has 1 atom stereocenters. The number of methoxy groups -OCH3 is 1. The summed E-state index contributed by atoms with van der Waals surface area (Å²) in [6.07, 6.45) is 3.47. The topological polar surface area (TPSA) is 55.2 Å². The number of aliphatic hydroxyl groups is 1. The maximum absolute atomic E-state index is 9.56. The van der Waals surface area contributed by atoms with Crippen molar-refractivity contribution in [3.8, 4) is 5.88 Å². The van der Waals surface area contributed by atoms with Crippen LogP contribution in [0.3, 0.4) is 0 Å². The first-order valence-corrected chi connectivity index (χ1v) is 4.79. The predicted octanol–water partition coefficient (Wildman–Crippen LogP) is 1.19. The number of hydrogen-bond acceptors (Lipinski definition) is 4. The van der Waals surface area contributed by atoms with Gasteiger partial charge in [-0.3, -0.25) is 0 Å². The van der Waals surface area contributed by atoms with Crippen LogP contribution in [0.2, 0.25) is 0 Å². The molecule has 1 rings (SSSR count). The Labute approximate surface area is 84.0 Å². The van der Waals surface area contributed by atoms with E-state index in [1.165, 1.54) is 6.33 Å².